The van der Waals surface area contributed by atoms with Crippen molar-refractivity contribution >= 4 is 23.4 Å². The van der Waals surface area contributed by atoms with E-state index in [1.54, 1.807) is 6.92 Å². The maximum Gasteiger partial charge on any atom is 0.316 e. The molecular weight excluding hydrogens is 249 g/mol. The van der Waals surface area contributed by atoms with Crippen molar-refractivity contribution in [2.45, 2.75) is 23.5 Å². The molecule has 0 aliphatic rings. The average molecular weight is 259 g/mol. The number of carboxylic acid groups (broad SMARTS) is 1. The zero-order valence-electron chi connectivity index (χ0n) is 8.92. The number of carbonyl (C=O) groups is 1. The van der Waals surface area contributed by atoms with E-state index in [1.807, 2.05) is 0 Å². The fourth-order valence-corrected chi connectivity index (χ4v) is 2.05. The van der Waals surface area contributed by atoms with E-state index in [-0.39, 0.29) is 10.6 Å². The molecule has 1 N–H and O–H groups in total. The zero-order chi connectivity index (χ0) is 13.0. The summed E-state index contributed by atoms with van der Waals surface area (Å²) in [6.07, 6.45) is 0.344. The summed E-state index contributed by atoms with van der Waals surface area (Å²) in [7, 11) is 0. The minimum absolute atomic E-state index is 0.102. The summed E-state index contributed by atoms with van der Waals surface area (Å²) in [5.41, 5.74) is -0.352. The lowest BCUT2D eigenvalue weighted by Gasteiger charge is -2.09. The quantitative estimate of drug-likeness (QED) is 0.499. The SMILES string of the molecule is CCC(Sc1ccc([N+](=O)[O-])cc1F)C(=O)O. The highest BCUT2D eigenvalue weighted by Crippen LogP contribution is 2.30. The van der Waals surface area contributed by atoms with Crippen LogP contribution in [-0.4, -0.2) is 21.2 Å². The molecule has 0 aliphatic heterocycles. The Morgan fingerprint density at radius 2 is 2.29 bits per heavy atom. The van der Waals surface area contributed by atoms with Crippen LogP contribution in [0.15, 0.2) is 23.1 Å². The summed E-state index contributed by atoms with van der Waals surface area (Å²) in [6.45, 7) is 1.68. The van der Waals surface area contributed by atoms with Crippen molar-refractivity contribution in [3.05, 3.63) is 34.1 Å². The molecule has 0 aromatic heterocycles. The Balaban J connectivity index is 2.93. The second-order valence-electron chi connectivity index (χ2n) is 3.22. The number of hydrogen-bond acceptors (Lipinski definition) is 4. The molecule has 5 nitrogen and oxygen atoms in total. The first kappa shape index (κ1) is 13.4. The highest BCUT2D eigenvalue weighted by atomic mass is 32.2. The zero-order valence-corrected chi connectivity index (χ0v) is 9.74. The normalized spacial score (nSPS) is 12.1. The van der Waals surface area contributed by atoms with Crippen molar-refractivity contribution < 1.29 is 19.2 Å². The minimum Gasteiger partial charge on any atom is -0.480 e. The third kappa shape index (κ3) is 3.42. The molecule has 0 spiro atoms. The summed E-state index contributed by atoms with van der Waals surface area (Å²) in [6, 6.07) is 3.17. The van der Waals surface area contributed by atoms with Crippen LogP contribution in [0.1, 0.15) is 13.3 Å². The number of thioether (sulfide) groups is 1. The third-order valence-electron chi connectivity index (χ3n) is 2.04. The molecule has 1 aromatic rings. The Morgan fingerprint density at radius 1 is 1.65 bits per heavy atom. The van der Waals surface area contributed by atoms with Crippen LogP contribution < -0.4 is 0 Å². The summed E-state index contributed by atoms with van der Waals surface area (Å²) < 4.78 is 13.5. The molecule has 92 valence electrons. The molecule has 0 aliphatic carbocycles. The Hall–Kier alpha value is -1.63. The van der Waals surface area contributed by atoms with Crippen molar-refractivity contribution in [3.63, 3.8) is 0 Å². The number of benzene rings is 1. The lowest BCUT2D eigenvalue weighted by atomic mass is 10.3. The molecule has 0 bridgehead atoms. The molecule has 1 aromatic carbocycles. The van der Waals surface area contributed by atoms with Gasteiger partial charge in [0, 0.05) is 11.0 Å². The van der Waals surface area contributed by atoms with Crippen molar-refractivity contribution in [3.8, 4) is 0 Å². The van der Waals surface area contributed by atoms with Crippen molar-refractivity contribution in [1.29, 1.82) is 0 Å². The third-order valence-corrected chi connectivity index (χ3v) is 3.45. The van der Waals surface area contributed by atoms with Gasteiger partial charge in [0.2, 0.25) is 0 Å². The van der Waals surface area contributed by atoms with Gasteiger partial charge in [-0.15, -0.1) is 11.8 Å². The van der Waals surface area contributed by atoms with Crippen LogP contribution in [0.3, 0.4) is 0 Å². The molecule has 0 amide bonds. The Kier molecular flexibility index (Phi) is 4.45. The lowest BCUT2D eigenvalue weighted by Crippen LogP contribution is -2.14. The van der Waals surface area contributed by atoms with Crippen molar-refractivity contribution in [2.75, 3.05) is 0 Å². The summed E-state index contributed by atoms with van der Waals surface area (Å²) >= 11 is 0.847. The van der Waals surface area contributed by atoms with Gasteiger partial charge in [0.15, 0.2) is 0 Å². The van der Waals surface area contributed by atoms with Crippen LogP contribution in [0, 0.1) is 15.9 Å². The molecule has 0 saturated carbocycles. The van der Waals surface area contributed by atoms with Crippen LogP contribution in [0.4, 0.5) is 10.1 Å². The lowest BCUT2D eigenvalue weighted by molar-refractivity contribution is -0.385. The molecular formula is C10H10FNO4S. The van der Waals surface area contributed by atoms with E-state index in [2.05, 4.69) is 0 Å². The molecule has 0 fully saturated rings. The van der Waals surface area contributed by atoms with Gasteiger partial charge >= 0.3 is 5.97 Å². The van der Waals surface area contributed by atoms with Gasteiger partial charge in [-0.1, -0.05) is 6.92 Å². The topological polar surface area (TPSA) is 80.4 Å². The van der Waals surface area contributed by atoms with Crippen LogP contribution in [-0.2, 0) is 4.79 Å². The number of aliphatic carboxylic acids is 1. The average Bonchev–Trinajstić information content (AvgIpc) is 2.26. The molecule has 0 saturated heterocycles. The highest BCUT2D eigenvalue weighted by Gasteiger charge is 2.19. The van der Waals surface area contributed by atoms with Crippen LogP contribution in [0.5, 0.6) is 0 Å². The van der Waals surface area contributed by atoms with Gasteiger partial charge in [-0.3, -0.25) is 14.9 Å². The van der Waals surface area contributed by atoms with E-state index in [0.29, 0.717) is 6.42 Å². The van der Waals surface area contributed by atoms with Crippen molar-refractivity contribution in [1.82, 2.24) is 0 Å². The fourth-order valence-electron chi connectivity index (χ4n) is 1.16. The van der Waals surface area contributed by atoms with Crippen LogP contribution in [0.25, 0.3) is 0 Å². The van der Waals surface area contributed by atoms with E-state index >= 15 is 0 Å². The van der Waals surface area contributed by atoms with Crippen molar-refractivity contribution in [2.24, 2.45) is 0 Å². The van der Waals surface area contributed by atoms with E-state index in [1.165, 1.54) is 6.07 Å². The Morgan fingerprint density at radius 3 is 2.71 bits per heavy atom. The Bertz CT molecular complexity index is 452. The summed E-state index contributed by atoms with van der Waals surface area (Å²) in [4.78, 5) is 20.6. The first-order valence-corrected chi connectivity index (χ1v) is 5.67. The number of nitrogens with zero attached hydrogens (tertiary/aromatic N) is 1. The second kappa shape index (κ2) is 5.62. The van der Waals surface area contributed by atoms with Gasteiger partial charge < -0.3 is 5.11 Å². The van der Waals surface area contributed by atoms with Crippen LogP contribution in [0.2, 0.25) is 0 Å². The monoisotopic (exact) mass is 259 g/mol. The maximum absolute atomic E-state index is 13.5. The molecule has 0 heterocycles. The molecule has 17 heavy (non-hydrogen) atoms. The molecule has 7 heteroatoms. The van der Waals surface area contributed by atoms with Crippen LogP contribution >= 0.6 is 11.8 Å². The number of carboxylic acids is 1. The number of non-ortho nitro benzene ring substituents is 1. The smallest absolute Gasteiger partial charge is 0.316 e. The van der Waals surface area contributed by atoms with Gasteiger partial charge in [0.1, 0.15) is 11.1 Å². The molecule has 0 radical (unpaired) electrons. The fraction of sp³-hybridized carbons (Fsp3) is 0.300. The predicted molar refractivity (Wildman–Crippen MR) is 60.6 cm³/mol. The molecule has 1 atom stereocenters. The largest absolute Gasteiger partial charge is 0.480 e. The predicted octanol–water partition coefficient (Wildman–Crippen LogP) is 2.69. The first-order valence-electron chi connectivity index (χ1n) is 4.79. The standard InChI is InChI=1S/C10H10FNO4S/c1-2-8(10(13)14)17-9-4-3-6(12(15)16)5-7(9)11/h3-5,8H,2H2,1H3,(H,13,14). The van der Waals surface area contributed by atoms with E-state index < -0.39 is 22.0 Å². The number of nitro groups is 1. The minimum atomic E-state index is -1.03. The number of halogens is 1. The van der Waals surface area contributed by atoms with E-state index in [0.717, 1.165) is 23.9 Å². The van der Waals surface area contributed by atoms with E-state index in [9.17, 15) is 19.3 Å². The first-order chi connectivity index (χ1) is 7.95. The Labute approximate surface area is 101 Å². The number of rotatable bonds is 5. The van der Waals surface area contributed by atoms with Gasteiger partial charge in [-0.2, -0.15) is 0 Å². The maximum atomic E-state index is 13.5. The van der Waals surface area contributed by atoms with Gasteiger partial charge in [-0.25, -0.2) is 4.39 Å². The summed E-state index contributed by atoms with van der Waals surface area (Å²) in [5, 5.41) is 18.4. The highest BCUT2D eigenvalue weighted by molar-refractivity contribution is 8.00. The molecule has 1 rings (SSSR count). The molecule has 1 unspecified atom stereocenters. The van der Waals surface area contributed by atoms with E-state index in [4.69, 9.17) is 5.11 Å². The number of nitro benzene ring substituents is 1. The second-order valence-corrected chi connectivity index (χ2v) is 4.47. The van der Waals surface area contributed by atoms with Gasteiger partial charge in [0.05, 0.1) is 11.0 Å². The summed E-state index contributed by atoms with van der Waals surface area (Å²) in [5.74, 6) is -1.81. The van der Waals surface area contributed by atoms with Gasteiger partial charge in [-0.05, 0) is 12.5 Å². The number of hydrogen-bond donors (Lipinski definition) is 1. The van der Waals surface area contributed by atoms with Gasteiger partial charge in [0.25, 0.3) is 5.69 Å².